The molecule has 0 fully saturated rings. The number of hydrogen-bond acceptors (Lipinski definition) is 4. The summed E-state index contributed by atoms with van der Waals surface area (Å²) in [5, 5.41) is 8.61. The molecule has 72 valence electrons. The van der Waals surface area contributed by atoms with Crippen LogP contribution in [0.3, 0.4) is 0 Å². The molecule has 0 amide bonds. The third-order valence-corrected chi connectivity index (χ3v) is 3.16. The summed E-state index contributed by atoms with van der Waals surface area (Å²) in [6.07, 6.45) is 0. The van der Waals surface area contributed by atoms with Crippen LogP contribution >= 0.6 is 11.8 Å². The molecule has 13 heavy (non-hydrogen) atoms. The van der Waals surface area contributed by atoms with Crippen molar-refractivity contribution < 1.29 is 4.79 Å². The summed E-state index contributed by atoms with van der Waals surface area (Å²) < 4.78 is 1.88. The highest BCUT2D eigenvalue weighted by atomic mass is 32.2. The molecule has 1 rings (SSSR count). The summed E-state index contributed by atoms with van der Waals surface area (Å²) in [5.41, 5.74) is 0. The van der Waals surface area contributed by atoms with E-state index in [1.165, 1.54) is 11.8 Å². The minimum Gasteiger partial charge on any atom is -0.309 e. The molecule has 0 saturated carbocycles. The highest BCUT2D eigenvalue weighted by Crippen LogP contribution is 2.21. The molecule has 0 spiro atoms. The zero-order chi connectivity index (χ0) is 10.0. The number of aryl methyl sites for hydroxylation is 1. The minimum atomic E-state index is -0.0534. The van der Waals surface area contributed by atoms with E-state index in [1.54, 1.807) is 6.92 Å². The first-order chi connectivity index (χ1) is 6.02. The average molecular weight is 199 g/mol. The van der Waals surface area contributed by atoms with E-state index >= 15 is 0 Å². The Labute approximate surface area is 81.7 Å². The van der Waals surface area contributed by atoms with Gasteiger partial charge in [-0.2, -0.15) is 0 Å². The Bertz CT molecular complexity index is 321. The Kier molecular flexibility index (Phi) is 3.08. The molecule has 0 N–H and O–H groups in total. The topological polar surface area (TPSA) is 47.8 Å². The van der Waals surface area contributed by atoms with Crippen molar-refractivity contribution in [3.63, 3.8) is 0 Å². The highest BCUT2D eigenvalue weighted by molar-refractivity contribution is 8.00. The van der Waals surface area contributed by atoms with E-state index in [-0.39, 0.29) is 11.0 Å². The number of carbonyl (C=O) groups is 1. The smallest absolute Gasteiger partial charge is 0.191 e. The zero-order valence-corrected chi connectivity index (χ0v) is 9.05. The van der Waals surface area contributed by atoms with E-state index in [0.29, 0.717) is 0 Å². The molecule has 0 bridgehead atoms. The van der Waals surface area contributed by atoms with Crippen molar-refractivity contribution in [1.29, 1.82) is 0 Å². The maximum Gasteiger partial charge on any atom is 0.191 e. The fourth-order valence-corrected chi connectivity index (χ4v) is 1.59. The molecule has 0 radical (unpaired) electrons. The lowest BCUT2D eigenvalue weighted by atomic mass is 10.3. The standard InChI is InChI=1S/C8H13N3OS/c1-5(12)6(2)13-8-10-9-7(3)11(8)4/h6H,1-4H3. The molecular formula is C8H13N3OS. The third kappa shape index (κ3) is 2.30. The summed E-state index contributed by atoms with van der Waals surface area (Å²) in [4.78, 5) is 11.0. The van der Waals surface area contributed by atoms with Crippen LogP contribution in [-0.2, 0) is 11.8 Å². The van der Waals surface area contributed by atoms with Gasteiger partial charge in [-0.15, -0.1) is 10.2 Å². The van der Waals surface area contributed by atoms with Crippen molar-refractivity contribution in [2.24, 2.45) is 7.05 Å². The van der Waals surface area contributed by atoms with Crippen molar-refractivity contribution >= 4 is 17.5 Å². The van der Waals surface area contributed by atoms with Gasteiger partial charge >= 0.3 is 0 Å². The fraction of sp³-hybridized carbons (Fsp3) is 0.625. The SMILES string of the molecule is CC(=O)C(C)Sc1nnc(C)n1C. The molecule has 1 aromatic rings. The van der Waals surface area contributed by atoms with Crippen LogP contribution in [0.4, 0.5) is 0 Å². The zero-order valence-electron chi connectivity index (χ0n) is 8.24. The second-order valence-electron chi connectivity index (χ2n) is 2.96. The van der Waals surface area contributed by atoms with Crippen LogP contribution in [0.5, 0.6) is 0 Å². The van der Waals surface area contributed by atoms with Gasteiger partial charge in [-0.1, -0.05) is 11.8 Å². The van der Waals surface area contributed by atoms with Gasteiger partial charge in [0.25, 0.3) is 0 Å². The number of hydrogen-bond donors (Lipinski definition) is 0. The molecule has 5 heteroatoms. The van der Waals surface area contributed by atoms with Crippen LogP contribution in [0.2, 0.25) is 0 Å². The maximum absolute atomic E-state index is 11.0. The quantitative estimate of drug-likeness (QED) is 0.686. The average Bonchev–Trinajstić information content (AvgIpc) is 2.36. The summed E-state index contributed by atoms with van der Waals surface area (Å²) in [5.74, 6) is 1.02. The first-order valence-corrected chi connectivity index (χ1v) is 4.93. The number of aromatic nitrogens is 3. The Hall–Kier alpha value is -0.840. The van der Waals surface area contributed by atoms with Gasteiger partial charge in [0.05, 0.1) is 5.25 Å². The maximum atomic E-state index is 11.0. The second-order valence-corrected chi connectivity index (χ2v) is 4.27. The highest BCUT2D eigenvalue weighted by Gasteiger charge is 2.13. The van der Waals surface area contributed by atoms with Gasteiger partial charge in [0.15, 0.2) is 5.16 Å². The van der Waals surface area contributed by atoms with Gasteiger partial charge in [0.1, 0.15) is 11.6 Å². The number of Topliss-reactive ketones (excluding diaryl/α,β-unsaturated/α-hetero) is 1. The first kappa shape index (κ1) is 10.2. The molecule has 0 saturated heterocycles. The van der Waals surface area contributed by atoms with Gasteiger partial charge in [0.2, 0.25) is 0 Å². The minimum absolute atomic E-state index is 0.0534. The molecule has 0 aliphatic heterocycles. The Morgan fingerprint density at radius 3 is 2.54 bits per heavy atom. The first-order valence-electron chi connectivity index (χ1n) is 4.05. The summed E-state index contributed by atoms with van der Waals surface area (Å²) in [6.45, 7) is 5.34. The summed E-state index contributed by atoms with van der Waals surface area (Å²) in [7, 11) is 1.89. The molecule has 0 aliphatic carbocycles. The van der Waals surface area contributed by atoms with Crippen molar-refractivity contribution in [2.45, 2.75) is 31.2 Å². The predicted octanol–water partition coefficient (Wildman–Crippen LogP) is 1.19. The van der Waals surface area contributed by atoms with E-state index in [0.717, 1.165) is 11.0 Å². The number of nitrogens with zero attached hydrogens (tertiary/aromatic N) is 3. The normalized spacial score (nSPS) is 12.9. The fourth-order valence-electron chi connectivity index (χ4n) is 0.731. The molecule has 0 aliphatic rings. The molecule has 0 aromatic carbocycles. The molecule has 4 nitrogen and oxygen atoms in total. The third-order valence-electron chi connectivity index (χ3n) is 1.91. The number of thioether (sulfide) groups is 1. The summed E-state index contributed by atoms with van der Waals surface area (Å²) >= 11 is 1.44. The second kappa shape index (κ2) is 3.91. The molecule has 1 aromatic heterocycles. The molecule has 1 unspecified atom stereocenters. The van der Waals surface area contributed by atoms with E-state index in [4.69, 9.17) is 0 Å². The van der Waals surface area contributed by atoms with Crippen LogP contribution in [0.1, 0.15) is 19.7 Å². The van der Waals surface area contributed by atoms with Crippen LogP contribution in [0.25, 0.3) is 0 Å². The van der Waals surface area contributed by atoms with E-state index < -0.39 is 0 Å². The lowest BCUT2D eigenvalue weighted by Crippen LogP contribution is -2.09. The number of ketones is 1. The van der Waals surface area contributed by atoms with Gasteiger partial charge in [0, 0.05) is 7.05 Å². The molecular weight excluding hydrogens is 186 g/mol. The Morgan fingerprint density at radius 1 is 1.54 bits per heavy atom. The van der Waals surface area contributed by atoms with E-state index in [9.17, 15) is 4.79 Å². The van der Waals surface area contributed by atoms with E-state index in [1.807, 2.05) is 25.5 Å². The van der Waals surface area contributed by atoms with Gasteiger partial charge < -0.3 is 4.57 Å². The van der Waals surface area contributed by atoms with Crippen molar-refractivity contribution in [1.82, 2.24) is 14.8 Å². The molecule has 1 atom stereocenters. The lowest BCUT2D eigenvalue weighted by Gasteiger charge is -2.05. The number of carbonyl (C=O) groups excluding carboxylic acids is 1. The Morgan fingerprint density at radius 2 is 2.15 bits per heavy atom. The van der Waals surface area contributed by atoms with Crippen molar-refractivity contribution in [3.05, 3.63) is 5.82 Å². The van der Waals surface area contributed by atoms with Crippen molar-refractivity contribution in [3.8, 4) is 0 Å². The van der Waals surface area contributed by atoms with Gasteiger partial charge in [-0.25, -0.2) is 0 Å². The van der Waals surface area contributed by atoms with E-state index in [2.05, 4.69) is 10.2 Å². The summed E-state index contributed by atoms with van der Waals surface area (Å²) in [6, 6.07) is 0. The number of rotatable bonds is 3. The van der Waals surface area contributed by atoms with Crippen LogP contribution in [0.15, 0.2) is 5.16 Å². The molecule has 1 heterocycles. The van der Waals surface area contributed by atoms with Gasteiger partial charge in [-0.3, -0.25) is 4.79 Å². The Balaban J connectivity index is 2.74. The van der Waals surface area contributed by atoms with Crippen molar-refractivity contribution in [2.75, 3.05) is 0 Å². The lowest BCUT2D eigenvalue weighted by molar-refractivity contribution is -0.116. The largest absolute Gasteiger partial charge is 0.309 e. The van der Waals surface area contributed by atoms with Crippen LogP contribution in [0, 0.1) is 6.92 Å². The van der Waals surface area contributed by atoms with Crippen LogP contribution in [-0.4, -0.2) is 25.8 Å². The van der Waals surface area contributed by atoms with Crippen LogP contribution < -0.4 is 0 Å². The monoisotopic (exact) mass is 199 g/mol. The predicted molar refractivity (Wildman–Crippen MR) is 51.7 cm³/mol. The van der Waals surface area contributed by atoms with Gasteiger partial charge in [-0.05, 0) is 20.8 Å².